The average molecular weight is 354 g/mol. The summed E-state index contributed by atoms with van der Waals surface area (Å²) in [6, 6.07) is 5.62. The molecule has 2 N–H and O–H groups in total. The zero-order valence-corrected chi connectivity index (χ0v) is 14.2. The third-order valence-electron chi connectivity index (χ3n) is 3.42. The van der Waals surface area contributed by atoms with E-state index in [1.54, 1.807) is 7.11 Å². The van der Waals surface area contributed by atoms with Gasteiger partial charge in [-0.3, -0.25) is 0 Å². The van der Waals surface area contributed by atoms with Gasteiger partial charge in [0, 0.05) is 11.6 Å². The predicted octanol–water partition coefficient (Wildman–Crippen LogP) is 3.59. The summed E-state index contributed by atoms with van der Waals surface area (Å²) < 4.78 is 11.5. The van der Waals surface area contributed by atoms with Gasteiger partial charge in [0.05, 0.1) is 17.5 Å². The fourth-order valence-corrected chi connectivity index (χ4v) is 2.95. The molecule has 1 heterocycles. The second-order valence-corrected chi connectivity index (χ2v) is 6.29. The number of rotatable bonds is 5. The highest BCUT2D eigenvalue weighted by Gasteiger charge is 2.26. The first-order valence-electron chi connectivity index (χ1n) is 6.87. The first-order valence-corrected chi connectivity index (χ1v) is 7.66. The van der Waals surface area contributed by atoms with Crippen LogP contribution in [0.1, 0.15) is 32.6 Å². The number of benzene rings is 1. The SMILES string of the molecule is COc1ccc(-c2noc(C(C(C)C)C(C)N)n2)cc1Br. The van der Waals surface area contributed by atoms with E-state index in [1.807, 2.05) is 25.1 Å². The molecule has 0 saturated heterocycles. The number of ether oxygens (including phenoxy) is 1. The van der Waals surface area contributed by atoms with Gasteiger partial charge in [0.15, 0.2) is 0 Å². The number of hydrogen-bond acceptors (Lipinski definition) is 5. The summed E-state index contributed by atoms with van der Waals surface area (Å²) in [6.07, 6.45) is 0. The van der Waals surface area contributed by atoms with E-state index in [0.717, 1.165) is 15.8 Å². The van der Waals surface area contributed by atoms with Crippen LogP contribution in [0.15, 0.2) is 27.2 Å². The average Bonchev–Trinajstić information content (AvgIpc) is 2.87. The maximum absolute atomic E-state index is 6.03. The molecule has 0 fully saturated rings. The summed E-state index contributed by atoms with van der Waals surface area (Å²) in [5.74, 6) is 2.29. The van der Waals surface area contributed by atoms with Crippen molar-refractivity contribution in [1.82, 2.24) is 10.1 Å². The Morgan fingerprint density at radius 1 is 1.29 bits per heavy atom. The van der Waals surface area contributed by atoms with Gasteiger partial charge >= 0.3 is 0 Å². The minimum atomic E-state index is -0.0408. The molecule has 2 rings (SSSR count). The second kappa shape index (κ2) is 6.58. The van der Waals surface area contributed by atoms with Crippen LogP contribution in [0.25, 0.3) is 11.4 Å². The zero-order chi connectivity index (χ0) is 15.6. The smallest absolute Gasteiger partial charge is 0.231 e. The standard InChI is InChI=1S/C15H20BrN3O2/c1-8(2)13(9(3)17)15-18-14(19-21-15)10-5-6-12(20-4)11(16)7-10/h5-9,13H,17H2,1-4H3. The summed E-state index contributed by atoms with van der Waals surface area (Å²) in [6.45, 7) is 6.16. The van der Waals surface area contributed by atoms with Gasteiger partial charge in [0.1, 0.15) is 5.75 Å². The van der Waals surface area contributed by atoms with Crippen molar-refractivity contribution in [3.8, 4) is 17.1 Å². The Kier molecular flexibility index (Phi) is 5.00. The molecule has 1 aromatic carbocycles. The molecule has 0 amide bonds. The Bertz CT molecular complexity index is 603. The molecule has 2 unspecified atom stereocenters. The largest absolute Gasteiger partial charge is 0.496 e. The van der Waals surface area contributed by atoms with Crippen molar-refractivity contribution in [2.75, 3.05) is 7.11 Å². The third-order valence-corrected chi connectivity index (χ3v) is 4.04. The van der Waals surface area contributed by atoms with Gasteiger partial charge < -0.3 is 15.0 Å². The van der Waals surface area contributed by atoms with Crippen LogP contribution >= 0.6 is 15.9 Å². The first-order chi connectivity index (χ1) is 9.93. The number of halogens is 1. The Morgan fingerprint density at radius 3 is 2.52 bits per heavy atom. The first kappa shape index (κ1) is 16.0. The van der Waals surface area contributed by atoms with Crippen LogP contribution < -0.4 is 10.5 Å². The summed E-state index contributed by atoms with van der Waals surface area (Å²) >= 11 is 3.46. The number of aromatic nitrogens is 2. The van der Waals surface area contributed by atoms with Gasteiger partial charge in [-0.2, -0.15) is 4.98 Å². The molecular weight excluding hydrogens is 334 g/mol. The monoisotopic (exact) mass is 353 g/mol. The quantitative estimate of drug-likeness (QED) is 0.888. The molecule has 0 aliphatic heterocycles. The zero-order valence-electron chi connectivity index (χ0n) is 12.6. The lowest BCUT2D eigenvalue weighted by molar-refractivity contribution is 0.300. The molecule has 0 spiro atoms. The molecular formula is C15H20BrN3O2. The van der Waals surface area contributed by atoms with E-state index in [2.05, 4.69) is 39.9 Å². The van der Waals surface area contributed by atoms with Crippen molar-refractivity contribution in [3.05, 3.63) is 28.6 Å². The van der Waals surface area contributed by atoms with E-state index >= 15 is 0 Å². The van der Waals surface area contributed by atoms with Crippen molar-refractivity contribution >= 4 is 15.9 Å². The highest BCUT2D eigenvalue weighted by atomic mass is 79.9. The van der Waals surface area contributed by atoms with Crippen molar-refractivity contribution in [2.45, 2.75) is 32.7 Å². The van der Waals surface area contributed by atoms with Crippen LogP contribution in [0.5, 0.6) is 5.75 Å². The van der Waals surface area contributed by atoms with Gasteiger partial charge in [-0.05, 0) is 47.0 Å². The molecule has 114 valence electrons. The van der Waals surface area contributed by atoms with Gasteiger partial charge in [0.25, 0.3) is 0 Å². The third kappa shape index (κ3) is 3.44. The van der Waals surface area contributed by atoms with Crippen LogP contribution in [0.3, 0.4) is 0 Å². The normalized spacial score (nSPS) is 14.2. The van der Waals surface area contributed by atoms with E-state index in [9.17, 15) is 0 Å². The molecule has 0 saturated carbocycles. The van der Waals surface area contributed by atoms with Crippen molar-refractivity contribution in [1.29, 1.82) is 0 Å². The minimum absolute atomic E-state index is 0.0408. The van der Waals surface area contributed by atoms with Crippen molar-refractivity contribution in [2.24, 2.45) is 11.7 Å². The minimum Gasteiger partial charge on any atom is -0.496 e. The Morgan fingerprint density at radius 2 is 2.00 bits per heavy atom. The number of methoxy groups -OCH3 is 1. The summed E-state index contributed by atoms with van der Waals surface area (Å²) in [4.78, 5) is 4.50. The van der Waals surface area contributed by atoms with Crippen molar-refractivity contribution in [3.63, 3.8) is 0 Å². The van der Waals surface area contributed by atoms with Gasteiger partial charge in [-0.15, -0.1) is 0 Å². The second-order valence-electron chi connectivity index (χ2n) is 5.43. The van der Waals surface area contributed by atoms with Crippen LogP contribution in [-0.4, -0.2) is 23.3 Å². The fourth-order valence-electron chi connectivity index (χ4n) is 2.41. The maximum atomic E-state index is 6.03. The predicted molar refractivity (Wildman–Crippen MR) is 85.2 cm³/mol. The molecule has 2 aromatic rings. The molecule has 6 heteroatoms. The molecule has 0 aliphatic carbocycles. The lowest BCUT2D eigenvalue weighted by Crippen LogP contribution is -2.28. The fraction of sp³-hybridized carbons (Fsp3) is 0.467. The molecule has 0 radical (unpaired) electrons. The Labute approximate surface area is 133 Å². The molecule has 21 heavy (non-hydrogen) atoms. The summed E-state index contributed by atoms with van der Waals surface area (Å²) in [7, 11) is 1.63. The van der Waals surface area contributed by atoms with Crippen LogP contribution in [0.4, 0.5) is 0 Å². The highest BCUT2D eigenvalue weighted by Crippen LogP contribution is 2.31. The number of nitrogens with two attached hydrogens (primary N) is 1. The Hall–Kier alpha value is -1.40. The van der Waals surface area contributed by atoms with Gasteiger partial charge in [0.2, 0.25) is 11.7 Å². The van der Waals surface area contributed by atoms with Crippen LogP contribution in [0.2, 0.25) is 0 Å². The maximum Gasteiger partial charge on any atom is 0.231 e. The Balaban J connectivity index is 2.33. The topological polar surface area (TPSA) is 74.2 Å². The van der Waals surface area contributed by atoms with Crippen LogP contribution in [-0.2, 0) is 0 Å². The van der Waals surface area contributed by atoms with E-state index in [-0.39, 0.29) is 12.0 Å². The van der Waals surface area contributed by atoms with Gasteiger partial charge in [-0.25, -0.2) is 0 Å². The van der Waals surface area contributed by atoms with Gasteiger partial charge in [-0.1, -0.05) is 19.0 Å². The number of hydrogen-bond donors (Lipinski definition) is 1. The summed E-state index contributed by atoms with van der Waals surface area (Å²) in [5, 5.41) is 4.07. The lowest BCUT2D eigenvalue weighted by Gasteiger charge is -2.20. The highest BCUT2D eigenvalue weighted by molar-refractivity contribution is 9.10. The molecule has 5 nitrogen and oxygen atoms in total. The van der Waals surface area contributed by atoms with E-state index < -0.39 is 0 Å². The molecule has 2 atom stereocenters. The van der Waals surface area contributed by atoms with E-state index in [1.165, 1.54) is 0 Å². The van der Waals surface area contributed by atoms with E-state index in [0.29, 0.717) is 17.6 Å². The number of nitrogens with zero attached hydrogens (tertiary/aromatic N) is 2. The molecule has 0 bridgehead atoms. The van der Waals surface area contributed by atoms with Crippen LogP contribution in [0, 0.1) is 5.92 Å². The molecule has 1 aromatic heterocycles. The van der Waals surface area contributed by atoms with Crippen molar-refractivity contribution < 1.29 is 9.26 Å². The van der Waals surface area contributed by atoms with E-state index in [4.69, 9.17) is 15.0 Å². The lowest BCUT2D eigenvalue weighted by atomic mass is 9.90. The molecule has 0 aliphatic rings. The summed E-state index contributed by atoms with van der Waals surface area (Å²) in [5.41, 5.74) is 6.89.